The Bertz CT molecular complexity index is 1280. The van der Waals surface area contributed by atoms with E-state index >= 15 is 0 Å². The van der Waals surface area contributed by atoms with E-state index in [9.17, 15) is 9.35 Å². The maximum absolute atomic E-state index is 11.8. The van der Waals surface area contributed by atoms with Crippen LogP contribution in [0.15, 0.2) is 65.7 Å². The summed E-state index contributed by atoms with van der Waals surface area (Å²) in [5.41, 5.74) is 11.7. The van der Waals surface area contributed by atoms with Gasteiger partial charge in [0.05, 0.1) is 6.20 Å². The number of hydrogen-bond acceptors (Lipinski definition) is 4. The minimum atomic E-state index is -1.03. The first-order valence-electron chi connectivity index (χ1n) is 9.46. The van der Waals surface area contributed by atoms with E-state index in [1.54, 1.807) is 18.5 Å². The molecule has 1 heterocycles. The molecule has 0 bridgehead atoms. The number of primary amides is 1. The van der Waals surface area contributed by atoms with Gasteiger partial charge in [0.1, 0.15) is 11.9 Å². The molecule has 1 unspecified atom stereocenters. The maximum Gasteiger partial charge on any atom is 0.248 e. The summed E-state index contributed by atoms with van der Waals surface area (Å²) in [6, 6.07) is 17.3. The second kappa shape index (κ2) is 7.89. The molecule has 4 rings (SSSR count). The molecule has 6 heteroatoms. The van der Waals surface area contributed by atoms with Crippen molar-refractivity contribution in [3.05, 3.63) is 77.5 Å². The number of hydrogen-bond donors (Lipinski definition) is 1. The highest BCUT2D eigenvalue weighted by Crippen LogP contribution is 2.33. The molecule has 5 nitrogen and oxygen atoms in total. The Morgan fingerprint density at radius 3 is 2.47 bits per heavy atom. The van der Waals surface area contributed by atoms with Crippen LogP contribution in [0.2, 0.25) is 0 Å². The quantitative estimate of drug-likeness (QED) is 0.500. The van der Waals surface area contributed by atoms with E-state index in [0.717, 1.165) is 49.2 Å². The van der Waals surface area contributed by atoms with E-state index in [0.29, 0.717) is 5.56 Å². The molecule has 1 aromatic heterocycles. The van der Waals surface area contributed by atoms with Crippen molar-refractivity contribution in [2.45, 2.75) is 18.7 Å². The average Bonchev–Trinajstić information content (AvgIpc) is 2.73. The lowest BCUT2D eigenvalue weighted by molar-refractivity contribution is 0.100. The van der Waals surface area contributed by atoms with Crippen molar-refractivity contribution in [1.29, 1.82) is 0 Å². The van der Waals surface area contributed by atoms with Gasteiger partial charge in [0.2, 0.25) is 5.91 Å². The van der Waals surface area contributed by atoms with Gasteiger partial charge in [-0.05, 0) is 83.7 Å². The molecule has 0 aliphatic heterocycles. The van der Waals surface area contributed by atoms with Crippen molar-refractivity contribution >= 4 is 27.9 Å². The van der Waals surface area contributed by atoms with E-state index in [4.69, 9.17) is 5.73 Å². The van der Waals surface area contributed by atoms with E-state index in [1.165, 1.54) is 0 Å². The molecule has 0 fully saturated rings. The first-order chi connectivity index (χ1) is 14.3. The Hall–Kier alpha value is -3.22. The summed E-state index contributed by atoms with van der Waals surface area (Å²) in [7, 11) is 0. The lowest BCUT2D eigenvalue weighted by atomic mass is 9.94. The average molecular weight is 416 g/mol. The summed E-state index contributed by atoms with van der Waals surface area (Å²) >= 11 is -1.03. The van der Waals surface area contributed by atoms with Crippen LogP contribution in [0, 0.1) is 13.8 Å². The summed E-state index contributed by atoms with van der Waals surface area (Å²) in [4.78, 5) is 12.4. The topological polar surface area (TPSA) is 91.9 Å². The van der Waals surface area contributed by atoms with Gasteiger partial charge >= 0.3 is 0 Å². The zero-order valence-electron chi connectivity index (χ0n) is 17.0. The van der Waals surface area contributed by atoms with Crippen molar-refractivity contribution in [3.8, 4) is 22.4 Å². The van der Waals surface area contributed by atoms with Gasteiger partial charge in [0, 0.05) is 21.9 Å². The number of carbonyl (C=O) groups is 1. The van der Waals surface area contributed by atoms with Gasteiger partial charge in [-0.15, -0.1) is 5.10 Å². The van der Waals surface area contributed by atoms with E-state index in [-0.39, 0.29) is 0 Å². The Kier molecular flexibility index (Phi) is 5.28. The lowest BCUT2D eigenvalue weighted by Crippen LogP contribution is -2.10. The molecule has 0 aliphatic carbocycles. The third-order valence-corrected chi connectivity index (χ3v) is 6.20. The Balaban J connectivity index is 1.84. The van der Waals surface area contributed by atoms with Crippen LogP contribution in [0.1, 0.15) is 21.5 Å². The van der Waals surface area contributed by atoms with Gasteiger partial charge in [0.15, 0.2) is 4.90 Å². The van der Waals surface area contributed by atoms with Crippen LogP contribution in [0.25, 0.3) is 33.2 Å². The number of fused-ring (bicyclic) bond motifs is 1. The molecule has 1 atom stereocenters. The monoisotopic (exact) mass is 415 g/mol. The fraction of sp³-hybridized carbons (Fsp3) is 0.125. The Labute approximate surface area is 178 Å². The van der Waals surface area contributed by atoms with Gasteiger partial charge in [-0.2, -0.15) is 5.10 Å². The second-order valence-corrected chi connectivity index (χ2v) is 8.70. The molecule has 1 amide bonds. The van der Waals surface area contributed by atoms with Gasteiger partial charge in [-0.1, -0.05) is 18.2 Å². The van der Waals surface area contributed by atoms with Gasteiger partial charge in [0.25, 0.3) is 0 Å². The third-order valence-electron chi connectivity index (χ3n) is 5.28. The highest BCUT2D eigenvalue weighted by atomic mass is 32.2. The van der Waals surface area contributed by atoms with Crippen molar-refractivity contribution in [1.82, 2.24) is 10.2 Å². The zero-order chi connectivity index (χ0) is 21.4. The molecule has 150 valence electrons. The molecular weight excluding hydrogens is 394 g/mol. The van der Waals surface area contributed by atoms with Crippen LogP contribution in [0.4, 0.5) is 0 Å². The highest BCUT2D eigenvalue weighted by molar-refractivity contribution is 7.90. The minimum absolute atomic E-state index is 0.447. The fourth-order valence-electron chi connectivity index (χ4n) is 3.62. The number of nitrogens with two attached hydrogens (primary N) is 1. The number of aryl methyl sites for hydroxylation is 2. The molecule has 0 radical (unpaired) electrons. The van der Waals surface area contributed by atoms with Crippen LogP contribution in [-0.2, 0) is 11.2 Å². The summed E-state index contributed by atoms with van der Waals surface area (Å²) in [5, 5.41) is 10.5. The summed E-state index contributed by atoms with van der Waals surface area (Å²) in [6.45, 7) is 3.99. The predicted octanol–water partition coefficient (Wildman–Crippen LogP) is 4.42. The molecule has 2 N–H and O–H groups in total. The smallest absolute Gasteiger partial charge is 0.248 e. The summed E-state index contributed by atoms with van der Waals surface area (Å²) in [5.74, 6) is -0.447. The number of carbonyl (C=O) groups excluding carboxylic acids is 1. The van der Waals surface area contributed by atoms with Gasteiger partial charge in [-0.3, -0.25) is 4.79 Å². The largest absolute Gasteiger partial charge is 0.612 e. The Morgan fingerprint density at radius 2 is 1.77 bits per heavy atom. The van der Waals surface area contributed by atoms with Crippen molar-refractivity contribution in [2.24, 2.45) is 5.73 Å². The van der Waals surface area contributed by atoms with Gasteiger partial charge in [-0.25, -0.2) is 0 Å². The number of rotatable bonds is 4. The second-order valence-electron chi connectivity index (χ2n) is 7.32. The first kappa shape index (κ1) is 20.1. The van der Waals surface area contributed by atoms with Crippen LogP contribution in [-0.4, -0.2) is 26.9 Å². The summed E-state index contributed by atoms with van der Waals surface area (Å²) in [6.07, 6.45) is 3.41. The SMILES string of the molecule is Cc1ccc(C(N)=O)cc1-c1ccc2c(-c3ccc([S+](C)[O-])cc3C)nncc2c1. The third kappa shape index (κ3) is 3.67. The van der Waals surface area contributed by atoms with Crippen molar-refractivity contribution < 1.29 is 9.35 Å². The molecule has 0 aliphatic rings. The molecule has 4 aromatic rings. The van der Waals surface area contributed by atoms with E-state index in [1.807, 2.05) is 62.4 Å². The number of benzene rings is 3. The molecule has 30 heavy (non-hydrogen) atoms. The van der Waals surface area contributed by atoms with Crippen molar-refractivity contribution in [2.75, 3.05) is 6.26 Å². The number of amides is 1. The number of nitrogens with zero attached hydrogens (tertiary/aromatic N) is 2. The minimum Gasteiger partial charge on any atom is -0.612 e. The predicted molar refractivity (Wildman–Crippen MR) is 121 cm³/mol. The maximum atomic E-state index is 11.8. The van der Waals surface area contributed by atoms with E-state index < -0.39 is 17.1 Å². The normalized spacial score (nSPS) is 12.1. The fourth-order valence-corrected chi connectivity index (χ4v) is 4.22. The van der Waals surface area contributed by atoms with Crippen molar-refractivity contribution in [3.63, 3.8) is 0 Å². The van der Waals surface area contributed by atoms with Crippen LogP contribution >= 0.6 is 0 Å². The molecular formula is C24H21N3O2S. The molecule has 0 saturated heterocycles. The molecule has 3 aromatic carbocycles. The molecule has 0 saturated carbocycles. The van der Waals surface area contributed by atoms with Crippen LogP contribution < -0.4 is 5.73 Å². The summed E-state index contributed by atoms with van der Waals surface area (Å²) < 4.78 is 11.8. The van der Waals surface area contributed by atoms with Crippen LogP contribution in [0.5, 0.6) is 0 Å². The van der Waals surface area contributed by atoms with Gasteiger partial charge < -0.3 is 10.3 Å². The Morgan fingerprint density at radius 1 is 0.967 bits per heavy atom. The van der Waals surface area contributed by atoms with E-state index in [2.05, 4.69) is 10.2 Å². The standard InChI is InChI=1S/C24H21N3O2S/c1-14-4-5-17(24(25)28)12-22(14)16-6-8-21-18(11-16)13-26-27-23(21)20-9-7-19(30(3)29)10-15(20)2/h4-13H,1-3H3,(H2,25,28). The van der Waals surface area contributed by atoms with Crippen LogP contribution in [0.3, 0.4) is 0 Å². The first-order valence-corrected chi connectivity index (χ1v) is 11.0. The lowest BCUT2D eigenvalue weighted by Gasteiger charge is -2.12. The highest BCUT2D eigenvalue weighted by Gasteiger charge is 2.14. The number of aromatic nitrogens is 2. The zero-order valence-corrected chi connectivity index (χ0v) is 17.8. The molecule has 0 spiro atoms.